The summed E-state index contributed by atoms with van der Waals surface area (Å²) in [5, 5.41) is 2.54. The Morgan fingerprint density at radius 1 is 1.08 bits per heavy atom. The van der Waals surface area contributed by atoms with Gasteiger partial charge in [-0.15, -0.1) is 0 Å². The molecule has 25 heavy (non-hydrogen) atoms. The molecule has 1 amide bonds. The largest absolute Gasteiger partial charge is 0.453 e. The van der Waals surface area contributed by atoms with Gasteiger partial charge in [0.15, 0.2) is 5.78 Å². The summed E-state index contributed by atoms with van der Waals surface area (Å²) in [4.78, 5) is 28.5. The zero-order chi connectivity index (χ0) is 17.8. The minimum Gasteiger partial charge on any atom is -0.453 e. The third-order valence-corrected chi connectivity index (χ3v) is 3.70. The van der Waals surface area contributed by atoms with E-state index in [1.54, 1.807) is 42.0 Å². The second kappa shape index (κ2) is 7.14. The highest BCUT2D eigenvalue weighted by Crippen LogP contribution is 2.22. The van der Waals surface area contributed by atoms with E-state index in [9.17, 15) is 9.59 Å². The third-order valence-electron chi connectivity index (χ3n) is 3.70. The van der Waals surface area contributed by atoms with Crippen molar-refractivity contribution in [2.45, 2.75) is 6.73 Å². The molecule has 0 aliphatic rings. The van der Waals surface area contributed by atoms with Gasteiger partial charge in [0.1, 0.15) is 6.73 Å². The highest BCUT2D eigenvalue weighted by atomic mass is 16.5. The van der Waals surface area contributed by atoms with Crippen LogP contribution in [-0.2, 0) is 16.2 Å². The van der Waals surface area contributed by atoms with E-state index >= 15 is 0 Å². The fraction of sp³-hybridized carbons (Fsp3) is 0.167. The molecular weight excluding hydrogens is 322 g/mol. The molecular formula is C18H17N3O4. The fourth-order valence-corrected chi connectivity index (χ4v) is 2.52. The molecule has 2 aromatic carbocycles. The first-order chi connectivity index (χ1) is 12.1. The zero-order valence-corrected chi connectivity index (χ0v) is 13.9. The minimum absolute atomic E-state index is 0.0914. The first-order valence-corrected chi connectivity index (χ1v) is 7.58. The first-order valence-electron chi connectivity index (χ1n) is 7.58. The van der Waals surface area contributed by atoms with Gasteiger partial charge in [0.05, 0.1) is 18.1 Å². The van der Waals surface area contributed by atoms with Crippen molar-refractivity contribution in [3.05, 3.63) is 59.7 Å². The van der Waals surface area contributed by atoms with Crippen molar-refractivity contribution in [3.63, 3.8) is 0 Å². The van der Waals surface area contributed by atoms with E-state index in [1.807, 2.05) is 18.2 Å². The number of methoxy groups -OCH3 is 2. The highest BCUT2D eigenvalue weighted by Gasteiger charge is 2.16. The minimum atomic E-state index is -0.631. The highest BCUT2D eigenvalue weighted by molar-refractivity contribution is 6.10. The standard InChI is InChI=1S/C18H17N3O4/c1-24-11-21-15-9-8-13(16(22)12-6-4-3-5-7-12)10-14(15)19-17(21)20-18(23)25-2/h3-10H,11H2,1-2H3,(H,19,20,23). The molecule has 0 aliphatic heterocycles. The van der Waals surface area contributed by atoms with Crippen LogP contribution in [0.1, 0.15) is 15.9 Å². The zero-order valence-electron chi connectivity index (χ0n) is 13.9. The third kappa shape index (κ3) is 3.36. The van der Waals surface area contributed by atoms with Crippen LogP contribution >= 0.6 is 0 Å². The number of hydrogen-bond acceptors (Lipinski definition) is 5. The molecule has 1 aromatic heterocycles. The summed E-state index contributed by atoms with van der Waals surface area (Å²) in [7, 11) is 2.82. The summed E-state index contributed by atoms with van der Waals surface area (Å²) in [6, 6.07) is 14.2. The lowest BCUT2D eigenvalue weighted by atomic mass is 10.0. The summed E-state index contributed by atoms with van der Waals surface area (Å²) in [5.74, 6) is 0.194. The first kappa shape index (κ1) is 16.7. The molecule has 0 fully saturated rings. The number of ether oxygens (including phenoxy) is 2. The normalized spacial score (nSPS) is 10.6. The number of nitrogens with one attached hydrogen (secondary N) is 1. The van der Waals surface area contributed by atoms with E-state index in [2.05, 4.69) is 15.0 Å². The van der Waals surface area contributed by atoms with Crippen LogP contribution in [0.25, 0.3) is 11.0 Å². The SMILES string of the molecule is COCn1c(NC(=O)OC)nc2cc(C(=O)c3ccccc3)ccc21. The van der Waals surface area contributed by atoms with Gasteiger partial charge < -0.3 is 9.47 Å². The fourth-order valence-electron chi connectivity index (χ4n) is 2.52. The van der Waals surface area contributed by atoms with Gasteiger partial charge >= 0.3 is 6.09 Å². The van der Waals surface area contributed by atoms with Crippen LogP contribution in [0.3, 0.4) is 0 Å². The van der Waals surface area contributed by atoms with Crippen molar-refractivity contribution in [1.82, 2.24) is 9.55 Å². The van der Waals surface area contributed by atoms with Gasteiger partial charge in [-0.3, -0.25) is 14.7 Å². The number of nitrogens with zero attached hydrogens (tertiary/aromatic N) is 2. The summed E-state index contributed by atoms with van der Waals surface area (Å²) in [6.45, 7) is 0.196. The van der Waals surface area contributed by atoms with Gasteiger partial charge in [0.2, 0.25) is 5.95 Å². The number of fused-ring (bicyclic) bond motifs is 1. The topological polar surface area (TPSA) is 82.4 Å². The molecule has 0 unspecified atom stereocenters. The number of carbonyl (C=O) groups is 2. The monoisotopic (exact) mass is 339 g/mol. The number of ketones is 1. The Labute approximate surface area is 144 Å². The lowest BCUT2D eigenvalue weighted by molar-refractivity contribution is 0.103. The summed E-state index contributed by atoms with van der Waals surface area (Å²) in [6.07, 6.45) is -0.631. The molecule has 3 rings (SSSR count). The van der Waals surface area contributed by atoms with Crippen molar-refractivity contribution in [2.24, 2.45) is 0 Å². The van der Waals surface area contributed by atoms with Crippen molar-refractivity contribution < 1.29 is 19.1 Å². The molecule has 0 saturated carbocycles. The van der Waals surface area contributed by atoms with Gasteiger partial charge in [-0.25, -0.2) is 9.78 Å². The maximum atomic E-state index is 12.6. The predicted molar refractivity (Wildman–Crippen MR) is 92.6 cm³/mol. The van der Waals surface area contributed by atoms with Crippen molar-refractivity contribution in [2.75, 3.05) is 19.5 Å². The van der Waals surface area contributed by atoms with Gasteiger partial charge in [-0.05, 0) is 18.2 Å². The molecule has 128 valence electrons. The average Bonchev–Trinajstić information content (AvgIpc) is 2.98. The molecule has 0 atom stereocenters. The Morgan fingerprint density at radius 3 is 2.52 bits per heavy atom. The van der Waals surface area contributed by atoms with E-state index in [1.165, 1.54) is 7.11 Å². The second-order valence-electron chi connectivity index (χ2n) is 5.30. The maximum absolute atomic E-state index is 12.6. The Hall–Kier alpha value is -3.19. The Balaban J connectivity index is 2.02. The molecule has 1 heterocycles. The van der Waals surface area contributed by atoms with E-state index in [0.29, 0.717) is 16.6 Å². The van der Waals surface area contributed by atoms with Crippen molar-refractivity contribution in [1.29, 1.82) is 0 Å². The van der Waals surface area contributed by atoms with E-state index < -0.39 is 6.09 Å². The van der Waals surface area contributed by atoms with E-state index in [0.717, 1.165) is 5.52 Å². The van der Waals surface area contributed by atoms with Crippen LogP contribution < -0.4 is 5.32 Å². The summed E-state index contributed by atoms with van der Waals surface area (Å²) < 4.78 is 11.4. The van der Waals surface area contributed by atoms with Crippen LogP contribution in [0, 0.1) is 0 Å². The summed E-state index contributed by atoms with van der Waals surface area (Å²) >= 11 is 0. The summed E-state index contributed by atoms with van der Waals surface area (Å²) in [5.41, 5.74) is 2.43. The number of anilines is 1. The lowest BCUT2D eigenvalue weighted by Gasteiger charge is -2.08. The van der Waals surface area contributed by atoms with Gasteiger partial charge in [-0.2, -0.15) is 0 Å². The average molecular weight is 339 g/mol. The number of imidazole rings is 1. The van der Waals surface area contributed by atoms with E-state index in [4.69, 9.17) is 4.74 Å². The Bertz CT molecular complexity index is 919. The van der Waals surface area contributed by atoms with Crippen molar-refractivity contribution in [3.8, 4) is 0 Å². The Morgan fingerprint density at radius 2 is 1.84 bits per heavy atom. The number of rotatable bonds is 5. The molecule has 0 saturated heterocycles. The van der Waals surface area contributed by atoms with Gasteiger partial charge in [-0.1, -0.05) is 30.3 Å². The molecule has 0 bridgehead atoms. The quantitative estimate of drug-likeness (QED) is 0.723. The molecule has 0 aliphatic carbocycles. The number of amides is 1. The van der Waals surface area contributed by atoms with Crippen LogP contribution in [0.4, 0.5) is 10.7 Å². The molecule has 7 nitrogen and oxygen atoms in total. The van der Waals surface area contributed by atoms with E-state index in [-0.39, 0.29) is 18.5 Å². The van der Waals surface area contributed by atoms with Gasteiger partial charge in [0, 0.05) is 18.2 Å². The Kier molecular flexibility index (Phi) is 4.76. The van der Waals surface area contributed by atoms with Gasteiger partial charge in [0.25, 0.3) is 0 Å². The van der Waals surface area contributed by atoms with Crippen LogP contribution in [-0.4, -0.2) is 35.6 Å². The van der Waals surface area contributed by atoms with Crippen molar-refractivity contribution >= 4 is 28.9 Å². The van der Waals surface area contributed by atoms with Crippen LogP contribution in [0.2, 0.25) is 0 Å². The molecule has 3 aromatic rings. The lowest BCUT2D eigenvalue weighted by Crippen LogP contribution is -2.15. The maximum Gasteiger partial charge on any atom is 0.413 e. The van der Waals surface area contributed by atoms with Crippen LogP contribution in [0.15, 0.2) is 48.5 Å². The predicted octanol–water partition coefficient (Wildman–Crippen LogP) is 3.05. The second-order valence-corrected chi connectivity index (χ2v) is 5.30. The smallest absolute Gasteiger partial charge is 0.413 e. The molecule has 0 spiro atoms. The number of aromatic nitrogens is 2. The number of carbonyl (C=O) groups excluding carboxylic acids is 2. The van der Waals surface area contributed by atoms with Crippen LogP contribution in [0.5, 0.6) is 0 Å². The number of hydrogen-bond donors (Lipinski definition) is 1. The molecule has 1 N–H and O–H groups in total. The molecule has 7 heteroatoms. The molecule has 0 radical (unpaired) electrons. The number of benzene rings is 2.